The van der Waals surface area contributed by atoms with Crippen LogP contribution in [0.15, 0.2) is 54.9 Å². The molecule has 3 aromatic heterocycles. The van der Waals surface area contributed by atoms with Crippen molar-refractivity contribution in [3.8, 4) is 11.3 Å². The van der Waals surface area contributed by atoms with Crippen molar-refractivity contribution in [2.24, 2.45) is 0 Å². The highest BCUT2D eigenvalue weighted by atomic mass is 35.5. The molecule has 0 unspecified atom stereocenters. The van der Waals surface area contributed by atoms with Gasteiger partial charge in [-0.25, -0.2) is 17.8 Å². The zero-order chi connectivity index (χ0) is 25.2. The largest absolute Gasteiger partial charge is 0.354 e. The molecule has 182 valence electrons. The van der Waals surface area contributed by atoms with Crippen molar-refractivity contribution in [2.75, 3.05) is 36.4 Å². The molecule has 0 saturated heterocycles. The lowest BCUT2D eigenvalue weighted by atomic mass is 10.1. The molecule has 8 nitrogen and oxygen atoms in total. The number of nitrogens with one attached hydrogen (secondary N) is 2. The van der Waals surface area contributed by atoms with Crippen LogP contribution in [0.25, 0.3) is 22.3 Å². The van der Waals surface area contributed by atoms with Crippen molar-refractivity contribution in [1.29, 1.82) is 0 Å². The number of anilines is 3. The van der Waals surface area contributed by atoms with Crippen LogP contribution < -0.4 is 10.0 Å². The molecular formula is C24H24ClFN6O2S. The zero-order valence-corrected chi connectivity index (χ0v) is 21.0. The van der Waals surface area contributed by atoms with Gasteiger partial charge in [0.25, 0.3) is 0 Å². The van der Waals surface area contributed by atoms with Crippen LogP contribution in [0.3, 0.4) is 0 Å². The molecule has 0 bridgehead atoms. The third-order valence-corrected chi connectivity index (χ3v) is 6.78. The summed E-state index contributed by atoms with van der Waals surface area (Å²) in [6, 6.07) is 11.4. The Kier molecular flexibility index (Phi) is 7.15. The molecule has 0 amide bonds. The molecule has 0 saturated carbocycles. The van der Waals surface area contributed by atoms with Crippen molar-refractivity contribution >= 4 is 49.7 Å². The summed E-state index contributed by atoms with van der Waals surface area (Å²) in [5.74, 6) is -0.538. The molecule has 0 aliphatic carbocycles. The van der Waals surface area contributed by atoms with Crippen LogP contribution in [-0.4, -0.2) is 54.7 Å². The Morgan fingerprint density at radius 1 is 1.06 bits per heavy atom. The van der Waals surface area contributed by atoms with Crippen LogP contribution in [0.4, 0.5) is 21.5 Å². The van der Waals surface area contributed by atoms with E-state index in [1.54, 1.807) is 48.5 Å². The number of benzene rings is 1. The molecule has 3 heterocycles. The van der Waals surface area contributed by atoms with Crippen molar-refractivity contribution in [2.45, 2.75) is 6.92 Å². The number of hydrogen-bond acceptors (Lipinski definition) is 7. The molecule has 11 heteroatoms. The predicted octanol–water partition coefficient (Wildman–Crippen LogP) is 4.84. The van der Waals surface area contributed by atoms with E-state index in [1.165, 1.54) is 12.1 Å². The van der Waals surface area contributed by atoms with Crippen LogP contribution in [-0.2, 0) is 10.0 Å². The van der Waals surface area contributed by atoms with Gasteiger partial charge in [0.2, 0.25) is 10.0 Å². The van der Waals surface area contributed by atoms with Gasteiger partial charge >= 0.3 is 0 Å². The van der Waals surface area contributed by atoms with Crippen molar-refractivity contribution in [3.05, 3.63) is 71.4 Å². The lowest BCUT2D eigenvalue weighted by molar-refractivity contribution is 0.432. The molecule has 1 aromatic carbocycles. The maximum atomic E-state index is 13.5. The SMILES string of the molecule is Cc1ncc(-c2ccc3nccc(Nc4ccc(F)c(Cl)c4)c3n2)cc1NS(=O)(=O)CCN(C)C. The first-order valence-corrected chi connectivity index (χ1v) is 12.7. The monoisotopic (exact) mass is 514 g/mol. The summed E-state index contributed by atoms with van der Waals surface area (Å²) in [6.07, 6.45) is 3.29. The highest BCUT2D eigenvalue weighted by Crippen LogP contribution is 2.29. The molecule has 0 spiro atoms. The van der Waals surface area contributed by atoms with E-state index in [2.05, 4.69) is 20.0 Å². The molecule has 0 atom stereocenters. The van der Waals surface area contributed by atoms with E-state index < -0.39 is 15.8 Å². The van der Waals surface area contributed by atoms with Gasteiger partial charge in [-0.15, -0.1) is 0 Å². The second kappa shape index (κ2) is 10.1. The Morgan fingerprint density at radius 2 is 1.86 bits per heavy atom. The van der Waals surface area contributed by atoms with Crippen LogP contribution in [0, 0.1) is 12.7 Å². The standard InChI is InChI=1S/C24H24ClFN6O2S/c1-15-23(31-35(33,34)11-10-32(2)3)12-16(14-28-15)20-6-7-21-24(30-20)22(8-9-27-21)29-17-4-5-19(26)18(25)13-17/h4-9,12-14,31H,10-11H2,1-3H3,(H,27,29). The lowest BCUT2D eigenvalue weighted by Gasteiger charge is -2.14. The first-order chi connectivity index (χ1) is 16.6. The summed E-state index contributed by atoms with van der Waals surface area (Å²) in [6.45, 7) is 2.14. The third-order valence-electron chi connectivity index (χ3n) is 5.24. The second-order valence-corrected chi connectivity index (χ2v) is 10.5. The van der Waals surface area contributed by atoms with Gasteiger partial charge in [0, 0.05) is 30.2 Å². The quantitative estimate of drug-likeness (QED) is 0.347. The molecule has 35 heavy (non-hydrogen) atoms. The summed E-state index contributed by atoms with van der Waals surface area (Å²) >= 11 is 5.91. The van der Waals surface area contributed by atoms with Gasteiger partial charge in [0.05, 0.1) is 39.1 Å². The second-order valence-electron chi connectivity index (χ2n) is 8.26. The summed E-state index contributed by atoms with van der Waals surface area (Å²) in [5.41, 5.74) is 4.67. The van der Waals surface area contributed by atoms with Gasteiger partial charge in [-0.1, -0.05) is 11.6 Å². The number of pyridine rings is 3. The third kappa shape index (κ3) is 6.02. The lowest BCUT2D eigenvalue weighted by Crippen LogP contribution is -2.26. The number of sulfonamides is 1. The van der Waals surface area contributed by atoms with E-state index in [4.69, 9.17) is 16.6 Å². The fourth-order valence-electron chi connectivity index (χ4n) is 3.31. The van der Waals surface area contributed by atoms with Crippen LogP contribution >= 0.6 is 11.6 Å². The Labute approximate surface area is 208 Å². The highest BCUT2D eigenvalue weighted by molar-refractivity contribution is 7.92. The Balaban J connectivity index is 1.68. The number of hydrogen-bond donors (Lipinski definition) is 2. The number of fused-ring (bicyclic) bond motifs is 1. The average molecular weight is 515 g/mol. The van der Waals surface area contributed by atoms with E-state index in [1.807, 2.05) is 20.2 Å². The topological polar surface area (TPSA) is 100 Å². The summed E-state index contributed by atoms with van der Waals surface area (Å²) < 4.78 is 41.2. The van der Waals surface area contributed by atoms with E-state index in [9.17, 15) is 12.8 Å². The van der Waals surface area contributed by atoms with Crippen LogP contribution in [0.2, 0.25) is 5.02 Å². The number of rotatable bonds is 8. The number of halogens is 2. The van der Waals surface area contributed by atoms with Gasteiger partial charge in [-0.05, 0) is 63.5 Å². The van der Waals surface area contributed by atoms with Gasteiger partial charge < -0.3 is 10.2 Å². The maximum Gasteiger partial charge on any atom is 0.234 e. The molecule has 0 aliphatic rings. The number of nitrogens with zero attached hydrogens (tertiary/aromatic N) is 4. The van der Waals surface area contributed by atoms with Crippen LogP contribution in [0.1, 0.15) is 5.69 Å². The highest BCUT2D eigenvalue weighted by Gasteiger charge is 2.15. The van der Waals surface area contributed by atoms with Gasteiger partial charge in [-0.2, -0.15) is 0 Å². The molecule has 2 N–H and O–H groups in total. The minimum atomic E-state index is -3.54. The van der Waals surface area contributed by atoms with Crippen molar-refractivity contribution in [3.63, 3.8) is 0 Å². The van der Waals surface area contributed by atoms with Gasteiger partial charge in [0.15, 0.2) is 0 Å². The fraction of sp³-hybridized carbons (Fsp3) is 0.208. The van der Waals surface area contributed by atoms with Crippen LogP contribution in [0.5, 0.6) is 0 Å². The normalized spacial score (nSPS) is 11.7. The maximum absolute atomic E-state index is 13.5. The van der Waals surface area contributed by atoms with E-state index >= 15 is 0 Å². The first-order valence-electron chi connectivity index (χ1n) is 10.7. The summed E-state index contributed by atoms with van der Waals surface area (Å²) in [5, 5.41) is 3.21. The molecular weight excluding hydrogens is 491 g/mol. The first kappa shape index (κ1) is 24.8. The van der Waals surface area contributed by atoms with Crippen molar-refractivity contribution in [1.82, 2.24) is 19.9 Å². The molecule has 0 aliphatic heterocycles. The molecule has 0 radical (unpaired) electrons. The smallest absolute Gasteiger partial charge is 0.234 e. The fourth-order valence-corrected chi connectivity index (χ4v) is 4.74. The number of aromatic nitrogens is 3. The van der Waals surface area contributed by atoms with Gasteiger partial charge in [-0.3, -0.25) is 14.7 Å². The minimum Gasteiger partial charge on any atom is -0.354 e. The van der Waals surface area contributed by atoms with Gasteiger partial charge in [0.1, 0.15) is 11.3 Å². The minimum absolute atomic E-state index is 0.00769. The molecule has 4 rings (SSSR count). The summed E-state index contributed by atoms with van der Waals surface area (Å²) in [4.78, 5) is 15.3. The Morgan fingerprint density at radius 3 is 2.60 bits per heavy atom. The number of aryl methyl sites for hydroxylation is 1. The Hall–Kier alpha value is -3.34. The molecule has 4 aromatic rings. The van der Waals surface area contributed by atoms with E-state index in [0.29, 0.717) is 51.6 Å². The van der Waals surface area contributed by atoms with Crippen molar-refractivity contribution < 1.29 is 12.8 Å². The predicted molar refractivity (Wildman–Crippen MR) is 138 cm³/mol. The van der Waals surface area contributed by atoms with E-state index in [0.717, 1.165) is 0 Å². The zero-order valence-electron chi connectivity index (χ0n) is 19.4. The average Bonchev–Trinajstić information content (AvgIpc) is 2.81. The summed E-state index contributed by atoms with van der Waals surface area (Å²) in [7, 11) is 0.0896. The Bertz CT molecular complexity index is 1500. The van der Waals surface area contributed by atoms with E-state index in [-0.39, 0.29) is 10.8 Å². The molecule has 0 fully saturated rings.